The lowest BCUT2D eigenvalue weighted by Gasteiger charge is -2.37. The van der Waals surface area contributed by atoms with E-state index < -0.39 is 29.7 Å². The van der Waals surface area contributed by atoms with E-state index >= 15 is 0 Å². The second-order valence-electron chi connectivity index (χ2n) is 19.4. The normalized spacial score (nSPS) is 17.6. The summed E-state index contributed by atoms with van der Waals surface area (Å²) in [5, 5.41) is 11.7. The number of H-pyrrole nitrogens is 1. The number of piperazine rings is 1. The molecule has 73 heavy (non-hydrogen) atoms. The van der Waals surface area contributed by atoms with Crippen molar-refractivity contribution in [2.45, 2.75) is 97.8 Å². The largest absolute Gasteiger partial charge is 0.393 e. The summed E-state index contributed by atoms with van der Waals surface area (Å²) < 4.78 is 5.70. The SMILES string of the molecule is CCN(c1cc(-c2ccc(CN3CCN(C(=O)/C(N)=C/NCCCCCNc4cccc5c4C(=O)N(C4CCC(=O)NC4=O)C5=O)CC3)cc2)cc(C(=O)NCc2c(C)cc(C)[nH]c2=O)c1C)C1CCOCC1. The summed E-state index contributed by atoms with van der Waals surface area (Å²) in [7, 11) is 0. The number of amides is 6. The fraction of sp³-hybridized carbons (Fsp3) is 0.436. The molecule has 1 aromatic heterocycles. The Morgan fingerprint density at radius 2 is 1.60 bits per heavy atom. The van der Waals surface area contributed by atoms with Gasteiger partial charge in [-0.2, -0.15) is 0 Å². The van der Waals surface area contributed by atoms with Gasteiger partial charge in [-0.15, -0.1) is 0 Å². The van der Waals surface area contributed by atoms with Gasteiger partial charge < -0.3 is 41.2 Å². The Labute approximate surface area is 426 Å². The van der Waals surface area contributed by atoms with E-state index in [2.05, 4.69) is 73.3 Å². The molecule has 3 aromatic carbocycles. The first-order valence-corrected chi connectivity index (χ1v) is 25.6. The van der Waals surface area contributed by atoms with Crippen molar-refractivity contribution in [3.05, 3.63) is 128 Å². The molecule has 4 aromatic rings. The van der Waals surface area contributed by atoms with Crippen LogP contribution in [-0.2, 0) is 32.2 Å². The zero-order chi connectivity index (χ0) is 51.8. The quantitative estimate of drug-likeness (QED) is 0.0429. The lowest BCUT2D eigenvalue weighted by atomic mass is 9.94. The number of anilines is 2. The molecule has 18 nitrogen and oxygen atoms in total. The maximum Gasteiger partial charge on any atom is 0.271 e. The molecule has 3 fully saturated rings. The average molecular weight is 997 g/mol. The van der Waals surface area contributed by atoms with Crippen molar-refractivity contribution in [1.29, 1.82) is 0 Å². The highest BCUT2D eigenvalue weighted by atomic mass is 16.5. The Morgan fingerprint density at radius 3 is 2.32 bits per heavy atom. The van der Waals surface area contributed by atoms with Gasteiger partial charge in [0.05, 0.1) is 11.1 Å². The van der Waals surface area contributed by atoms with Crippen LogP contribution in [0.25, 0.3) is 11.1 Å². The van der Waals surface area contributed by atoms with E-state index in [0.29, 0.717) is 69.3 Å². The van der Waals surface area contributed by atoms with Gasteiger partial charge in [-0.05, 0) is 124 Å². The maximum absolute atomic E-state index is 14.0. The van der Waals surface area contributed by atoms with Crippen molar-refractivity contribution in [2.75, 3.05) is 69.2 Å². The molecule has 1 unspecified atom stereocenters. The number of pyridine rings is 1. The molecule has 0 spiro atoms. The standard InChI is InChI=1S/C55H68N10O8/c1-5-64(40-18-26-73-27-19-40)47-30-39(29-42(36(47)4)50(67)59-31-43-34(2)28-35(3)60-51(43)68)38-14-12-37(13-15-38)33-62-22-24-63(25-23-62)54(71)44(56)32-57-20-7-6-8-21-58-45-11-9-10-41-49(45)55(72)65(53(41)70)46-16-17-48(66)61-52(46)69/h9-15,28-30,32,40,46,57-58H,5-8,16-27,31,33,56H2,1-4H3,(H,59,67)(H,60,68)(H,61,66,69)/b44-32-. The third kappa shape index (κ3) is 12.0. The van der Waals surface area contributed by atoms with Crippen LogP contribution in [0.2, 0.25) is 0 Å². The number of aryl methyl sites for hydroxylation is 2. The van der Waals surface area contributed by atoms with Gasteiger partial charge in [-0.3, -0.25) is 48.7 Å². The Morgan fingerprint density at radius 1 is 0.863 bits per heavy atom. The number of carbonyl (C=O) groups is 6. The van der Waals surface area contributed by atoms with E-state index in [0.717, 1.165) is 89.3 Å². The highest BCUT2D eigenvalue weighted by Gasteiger charge is 2.45. The number of aromatic nitrogens is 1. The molecule has 0 saturated carbocycles. The molecule has 8 rings (SSSR count). The second kappa shape index (κ2) is 23.5. The number of piperidine rings is 1. The molecule has 386 valence electrons. The molecule has 4 aliphatic heterocycles. The third-order valence-electron chi connectivity index (χ3n) is 14.5. The topological polar surface area (TPSA) is 232 Å². The second-order valence-corrected chi connectivity index (χ2v) is 19.4. The summed E-state index contributed by atoms with van der Waals surface area (Å²) in [5.41, 5.74) is 14.9. The van der Waals surface area contributed by atoms with Crippen molar-refractivity contribution in [2.24, 2.45) is 5.73 Å². The lowest BCUT2D eigenvalue weighted by molar-refractivity contribution is -0.136. The molecule has 5 heterocycles. The van der Waals surface area contributed by atoms with Crippen molar-refractivity contribution < 1.29 is 33.5 Å². The summed E-state index contributed by atoms with van der Waals surface area (Å²) in [6.07, 6.45) is 5.98. The predicted molar refractivity (Wildman–Crippen MR) is 279 cm³/mol. The summed E-state index contributed by atoms with van der Waals surface area (Å²) in [6, 6.07) is 18.8. The van der Waals surface area contributed by atoms with Gasteiger partial charge in [-0.25, -0.2) is 0 Å². The monoisotopic (exact) mass is 997 g/mol. The number of imide groups is 2. The fourth-order valence-electron chi connectivity index (χ4n) is 10.4. The first-order valence-electron chi connectivity index (χ1n) is 25.6. The van der Waals surface area contributed by atoms with Crippen molar-refractivity contribution in [1.82, 2.24) is 35.6 Å². The zero-order valence-corrected chi connectivity index (χ0v) is 42.4. The van der Waals surface area contributed by atoms with Gasteiger partial charge in [0.1, 0.15) is 11.7 Å². The number of hydrogen-bond donors (Lipinski definition) is 6. The lowest BCUT2D eigenvalue weighted by Crippen LogP contribution is -2.54. The molecule has 4 aliphatic rings. The molecule has 0 bridgehead atoms. The predicted octanol–water partition coefficient (Wildman–Crippen LogP) is 4.62. The molecule has 0 aliphatic carbocycles. The summed E-state index contributed by atoms with van der Waals surface area (Å²) in [4.78, 5) is 101. The molecule has 3 saturated heterocycles. The van der Waals surface area contributed by atoms with E-state index in [4.69, 9.17) is 10.5 Å². The number of hydrogen-bond acceptors (Lipinski definition) is 13. The van der Waals surface area contributed by atoms with Crippen molar-refractivity contribution in [3.63, 3.8) is 0 Å². The minimum absolute atomic E-state index is 0.0600. The van der Waals surface area contributed by atoms with Gasteiger partial charge in [0, 0.05) is 119 Å². The van der Waals surface area contributed by atoms with Crippen LogP contribution in [0.15, 0.2) is 77.4 Å². The minimum atomic E-state index is -1.02. The Kier molecular flexibility index (Phi) is 16.7. The van der Waals surface area contributed by atoms with Crippen LogP contribution in [0.1, 0.15) is 111 Å². The molecule has 6 amide bonds. The Bertz CT molecular complexity index is 2830. The number of fused-ring (bicyclic) bond motifs is 1. The number of nitrogens with zero attached hydrogens (tertiary/aromatic N) is 4. The summed E-state index contributed by atoms with van der Waals surface area (Å²) >= 11 is 0. The van der Waals surface area contributed by atoms with Crippen LogP contribution in [-0.4, -0.2) is 126 Å². The van der Waals surface area contributed by atoms with Crippen LogP contribution in [0, 0.1) is 20.8 Å². The highest BCUT2D eigenvalue weighted by Crippen LogP contribution is 2.35. The van der Waals surface area contributed by atoms with Crippen LogP contribution < -0.4 is 37.5 Å². The summed E-state index contributed by atoms with van der Waals surface area (Å²) in [5.74, 6) is -2.59. The van der Waals surface area contributed by atoms with E-state index in [1.807, 2.05) is 32.9 Å². The van der Waals surface area contributed by atoms with Gasteiger partial charge >= 0.3 is 0 Å². The third-order valence-corrected chi connectivity index (χ3v) is 14.5. The zero-order valence-electron chi connectivity index (χ0n) is 42.4. The fourth-order valence-corrected chi connectivity index (χ4v) is 10.4. The van der Waals surface area contributed by atoms with Crippen LogP contribution in [0.5, 0.6) is 0 Å². The van der Waals surface area contributed by atoms with E-state index in [1.165, 1.54) is 0 Å². The number of carbonyl (C=O) groups excluding carboxylic acids is 6. The summed E-state index contributed by atoms with van der Waals surface area (Å²) in [6.45, 7) is 14.6. The number of unbranched alkanes of at least 4 members (excludes halogenated alkanes) is 2. The number of nitrogens with one attached hydrogen (secondary N) is 5. The van der Waals surface area contributed by atoms with Crippen molar-refractivity contribution in [3.8, 4) is 11.1 Å². The first kappa shape index (κ1) is 52.0. The Balaban J connectivity index is 0.796. The maximum atomic E-state index is 14.0. The number of aromatic amines is 1. The molecule has 18 heteroatoms. The molecular weight excluding hydrogens is 929 g/mol. The minimum Gasteiger partial charge on any atom is -0.393 e. The van der Waals surface area contributed by atoms with Crippen LogP contribution in [0.4, 0.5) is 11.4 Å². The van der Waals surface area contributed by atoms with Gasteiger partial charge in [0.25, 0.3) is 29.2 Å². The van der Waals surface area contributed by atoms with Crippen LogP contribution in [0.3, 0.4) is 0 Å². The van der Waals surface area contributed by atoms with E-state index in [-0.39, 0.29) is 59.6 Å². The molecule has 7 N–H and O–H groups in total. The number of benzene rings is 3. The first-order chi connectivity index (χ1) is 35.2. The average Bonchev–Trinajstić information content (AvgIpc) is 3.63. The smallest absolute Gasteiger partial charge is 0.271 e. The Hall–Kier alpha value is -7.31. The highest BCUT2D eigenvalue weighted by molar-refractivity contribution is 6.25. The molecule has 0 radical (unpaired) electrons. The molecular formula is C55H68N10O8. The van der Waals surface area contributed by atoms with Crippen molar-refractivity contribution >= 4 is 46.8 Å². The van der Waals surface area contributed by atoms with Gasteiger partial charge in [-0.1, -0.05) is 30.3 Å². The number of rotatable bonds is 19. The van der Waals surface area contributed by atoms with E-state index in [1.54, 1.807) is 29.3 Å². The van der Waals surface area contributed by atoms with Gasteiger partial charge in [0.15, 0.2) is 0 Å². The number of ether oxygens (including phenoxy) is 1. The van der Waals surface area contributed by atoms with Crippen LogP contribution >= 0.6 is 0 Å². The molecule has 1 atom stereocenters. The van der Waals surface area contributed by atoms with Gasteiger partial charge in [0.2, 0.25) is 11.8 Å². The number of nitrogens with two attached hydrogens (primary N) is 1. The van der Waals surface area contributed by atoms with E-state index in [9.17, 15) is 33.6 Å².